The lowest BCUT2D eigenvalue weighted by atomic mass is 10.1. The molecule has 0 radical (unpaired) electrons. The zero-order chi connectivity index (χ0) is 15.4. The van der Waals surface area contributed by atoms with E-state index in [-0.39, 0.29) is 12.5 Å². The van der Waals surface area contributed by atoms with Crippen molar-refractivity contribution in [3.05, 3.63) is 24.4 Å². The van der Waals surface area contributed by atoms with Crippen molar-refractivity contribution in [2.75, 3.05) is 40.2 Å². The van der Waals surface area contributed by atoms with Gasteiger partial charge in [-0.25, -0.2) is 4.98 Å². The number of ether oxygens (including phenoxy) is 2. The maximum atomic E-state index is 11.7. The number of aromatic nitrogens is 1. The van der Waals surface area contributed by atoms with Crippen molar-refractivity contribution in [1.29, 1.82) is 0 Å². The standard InChI is InChI=1S/C15H19N3O3/c1-18(2)14(19)9-17-15-11-8-13(21-4)12(20-3)7-10(11)5-6-16-15/h5-8H,9H2,1-4H3,(H,16,17). The van der Waals surface area contributed by atoms with Crippen molar-refractivity contribution in [1.82, 2.24) is 9.88 Å². The third-order valence-corrected chi connectivity index (χ3v) is 3.17. The normalized spacial score (nSPS) is 10.3. The number of hydrogen-bond acceptors (Lipinski definition) is 5. The number of fused-ring (bicyclic) bond motifs is 1. The van der Waals surface area contributed by atoms with Gasteiger partial charge < -0.3 is 19.7 Å². The second-order valence-corrected chi connectivity index (χ2v) is 4.73. The molecular weight excluding hydrogens is 270 g/mol. The summed E-state index contributed by atoms with van der Waals surface area (Å²) in [6.45, 7) is 0.188. The van der Waals surface area contributed by atoms with Gasteiger partial charge in [-0.05, 0) is 23.6 Å². The van der Waals surface area contributed by atoms with Gasteiger partial charge in [0.05, 0.1) is 20.8 Å². The Bertz CT molecular complexity index is 656. The predicted molar refractivity (Wildman–Crippen MR) is 82.0 cm³/mol. The quantitative estimate of drug-likeness (QED) is 0.908. The molecule has 0 saturated carbocycles. The molecule has 0 spiro atoms. The Labute approximate surface area is 123 Å². The van der Waals surface area contributed by atoms with Crippen LogP contribution in [0.3, 0.4) is 0 Å². The van der Waals surface area contributed by atoms with E-state index in [4.69, 9.17) is 9.47 Å². The first-order valence-corrected chi connectivity index (χ1v) is 6.51. The van der Waals surface area contributed by atoms with Crippen LogP contribution in [0.2, 0.25) is 0 Å². The second-order valence-electron chi connectivity index (χ2n) is 4.73. The largest absolute Gasteiger partial charge is 0.493 e. The van der Waals surface area contributed by atoms with Gasteiger partial charge in [0.2, 0.25) is 5.91 Å². The van der Waals surface area contributed by atoms with E-state index in [1.165, 1.54) is 4.90 Å². The van der Waals surface area contributed by atoms with Gasteiger partial charge in [0.1, 0.15) is 5.82 Å². The Kier molecular flexibility index (Phi) is 4.47. The molecule has 1 aromatic heterocycles. The Morgan fingerprint density at radius 1 is 1.24 bits per heavy atom. The van der Waals surface area contributed by atoms with Crippen LogP contribution in [0.15, 0.2) is 24.4 Å². The first kappa shape index (κ1) is 14.9. The van der Waals surface area contributed by atoms with E-state index in [9.17, 15) is 4.79 Å². The summed E-state index contributed by atoms with van der Waals surface area (Å²) < 4.78 is 10.6. The molecule has 0 aliphatic heterocycles. The van der Waals surface area contributed by atoms with Gasteiger partial charge in [0.15, 0.2) is 11.5 Å². The van der Waals surface area contributed by atoms with E-state index in [0.717, 1.165) is 10.8 Å². The molecule has 0 saturated heterocycles. The number of nitrogens with one attached hydrogen (secondary N) is 1. The highest BCUT2D eigenvalue weighted by molar-refractivity contribution is 5.95. The molecule has 21 heavy (non-hydrogen) atoms. The number of methoxy groups -OCH3 is 2. The fourth-order valence-corrected chi connectivity index (χ4v) is 1.96. The summed E-state index contributed by atoms with van der Waals surface area (Å²) in [6, 6.07) is 5.62. The highest BCUT2D eigenvalue weighted by atomic mass is 16.5. The zero-order valence-electron chi connectivity index (χ0n) is 12.6. The lowest BCUT2D eigenvalue weighted by molar-refractivity contribution is -0.126. The number of likely N-dealkylation sites (N-methyl/N-ethyl adjacent to an activating group) is 1. The van der Waals surface area contributed by atoms with Gasteiger partial charge in [0.25, 0.3) is 0 Å². The van der Waals surface area contributed by atoms with Crippen molar-refractivity contribution in [3.8, 4) is 11.5 Å². The number of benzene rings is 1. The topological polar surface area (TPSA) is 63.7 Å². The number of nitrogens with zero attached hydrogens (tertiary/aromatic N) is 2. The van der Waals surface area contributed by atoms with Crippen molar-refractivity contribution in [3.63, 3.8) is 0 Å². The van der Waals surface area contributed by atoms with Crippen molar-refractivity contribution in [2.24, 2.45) is 0 Å². The van der Waals surface area contributed by atoms with Gasteiger partial charge in [-0.3, -0.25) is 4.79 Å². The van der Waals surface area contributed by atoms with Gasteiger partial charge in [-0.15, -0.1) is 0 Å². The van der Waals surface area contributed by atoms with Gasteiger partial charge in [0, 0.05) is 25.7 Å². The minimum absolute atomic E-state index is 0.0192. The minimum atomic E-state index is -0.0192. The number of carbonyl (C=O) groups is 1. The first-order valence-electron chi connectivity index (χ1n) is 6.51. The van der Waals surface area contributed by atoms with Crippen LogP contribution in [0.1, 0.15) is 0 Å². The van der Waals surface area contributed by atoms with Gasteiger partial charge in [-0.1, -0.05) is 0 Å². The molecule has 0 aliphatic rings. The number of pyridine rings is 1. The van der Waals surface area contributed by atoms with Crippen LogP contribution in [0.25, 0.3) is 10.8 Å². The van der Waals surface area contributed by atoms with Crippen LogP contribution in [-0.4, -0.2) is 50.7 Å². The van der Waals surface area contributed by atoms with Gasteiger partial charge >= 0.3 is 0 Å². The minimum Gasteiger partial charge on any atom is -0.493 e. The monoisotopic (exact) mass is 289 g/mol. The summed E-state index contributed by atoms with van der Waals surface area (Å²) in [5.41, 5.74) is 0. The molecule has 112 valence electrons. The smallest absolute Gasteiger partial charge is 0.241 e. The Balaban J connectivity index is 2.38. The van der Waals surface area contributed by atoms with E-state index in [2.05, 4.69) is 10.3 Å². The predicted octanol–water partition coefficient (Wildman–Crippen LogP) is 1.75. The molecule has 1 heterocycles. The summed E-state index contributed by atoms with van der Waals surface area (Å²) in [5, 5.41) is 4.90. The van der Waals surface area contributed by atoms with Crippen LogP contribution in [-0.2, 0) is 4.79 Å². The first-order chi connectivity index (χ1) is 10.1. The van der Waals surface area contributed by atoms with Crippen LogP contribution in [0.5, 0.6) is 11.5 Å². The average molecular weight is 289 g/mol. The molecular formula is C15H19N3O3. The Morgan fingerprint density at radius 3 is 2.52 bits per heavy atom. The molecule has 0 aliphatic carbocycles. The molecule has 0 fully saturated rings. The lowest BCUT2D eigenvalue weighted by Crippen LogP contribution is -2.28. The summed E-state index contributed by atoms with van der Waals surface area (Å²) >= 11 is 0. The molecule has 0 unspecified atom stereocenters. The van der Waals surface area contributed by atoms with E-state index in [1.54, 1.807) is 34.5 Å². The third kappa shape index (κ3) is 3.16. The van der Waals surface area contributed by atoms with E-state index in [1.807, 2.05) is 18.2 Å². The fourth-order valence-electron chi connectivity index (χ4n) is 1.96. The highest BCUT2D eigenvalue weighted by Gasteiger charge is 2.11. The van der Waals surface area contributed by atoms with Gasteiger partial charge in [-0.2, -0.15) is 0 Å². The molecule has 6 heteroatoms. The zero-order valence-corrected chi connectivity index (χ0v) is 12.6. The molecule has 0 atom stereocenters. The summed E-state index contributed by atoms with van der Waals surface area (Å²) in [4.78, 5) is 17.5. The molecule has 1 aromatic carbocycles. The maximum absolute atomic E-state index is 11.7. The molecule has 6 nitrogen and oxygen atoms in total. The number of hydrogen-bond donors (Lipinski definition) is 1. The van der Waals surface area contributed by atoms with Crippen LogP contribution < -0.4 is 14.8 Å². The molecule has 2 rings (SSSR count). The second kappa shape index (κ2) is 6.30. The number of amides is 1. The number of carbonyl (C=O) groups excluding carboxylic acids is 1. The van der Waals surface area contributed by atoms with Crippen LogP contribution in [0, 0.1) is 0 Å². The molecule has 1 N–H and O–H groups in total. The van der Waals surface area contributed by atoms with Crippen LogP contribution in [0.4, 0.5) is 5.82 Å². The fraction of sp³-hybridized carbons (Fsp3) is 0.333. The van der Waals surface area contributed by atoms with E-state index in [0.29, 0.717) is 17.3 Å². The Morgan fingerprint density at radius 2 is 1.90 bits per heavy atom. The molecule has 0 bridgehead atoms. The van der Waals surface area contributed by atoms with Crippen LogP contribution >= 0.6 is 0 Å². The maximum Gasteiger partial charge on any atom is 0.241 e. The number of anilines is 1. The summed E-state index contributed by atoms with van der Waals surface area (Å²) in [5.74, 6) is 1.91. The Hall–Kier alpha value is -2.50. The summed E-state index contributed by atoms with van der Waals surface area (Å²) in [7, 11) is 6.62. The van der Waals surface area contributed by atoms with E-state index >= 15 is 0 Å². The average Bonchev–Trinajstić information content (AvgIpc) is 2.50. The summed E-state index contributed by atoms with van der Waals surface area (Å²) in [6.07, 6.45) is 1.69. The third-order valence-electron chi connectivity index (χ3n) is 3.17. The van der Waals surface area contributed by atoms with Crippen molar-refractivity contribution < 1.29 is 14.3 Å². The molecule has 2 aromatic rings. The van der Waals surface area contributed by atoms with Crippen molar-refractivity contribution >= 4 is 22.5 Å². The van der Waals surface area contributed by atoms with Crippen molar-refractivity contribution in [2.45, 2.75) is 0 Å². The number of rotatable bonds is 5. The highest BCUT2D eigenvalue weighted by Crippen LogP contribution is 2.34. The molecule has 1 amide bonds. The lowest BCUT2D eigenvalue weighted by Gasteiger charge is -2.14. The van der Waals surface area contributed by atoms with E-state index < -0.39 is 0 Å². The SMILES string of the molecule is COc1cc2ccnc(NCC(=O)N(C)C)c2cc1OC.